The number of carbonyl (C=O) groups is 1. The number of nitrogens with zero attached hydrogens (tertiary/aromatic N) is 5. The summed E-state index contributed by atoms with van der Waals surface area (Å²) in [5.74, 6) is -0.489. The first kappa shape index (κ1) is 24.5. The molecule has 0 radical (unpaired) electrons. The molecule has 0 atom stereocenters. The van der Waals surface area contributed by atoms with Crippen LogP contribution in [0.15, 0.2) is 81.1 Å². The van der Waals surface area contributed by atoms with Crippen molar-refractivity contribution in [2.45, 2.75) is 19.8 Å². The van der Waals surface area contributed by atoms with E-state index in [0.29, 0.717) is 10.8 Å². The molecule has 3 aromatic heterocycles. The van der Waals surface area contributed by atoms with Gasteiger partial charge in [0.25, 0.3) is 0 Å². The topological polar surface area (TPSA) is 115 Å². The Morgan fingerprint density at radius 1 is 1.00 bits per heavy atom. The molecule has 5 rings (SSSR count). The molecule has 11 heteroatoms. The van der Waals surface area contributed by atoms with E-state index in [9.17, 15) is 9.59 Å². The van der Waals surface area contributed by atoms with Crippen molar-refractivity contribution < 1.29 is 9.53 Å². The Morgan fingerprint density at radius 2 is 1.68 bits per heavy atom. The molecule has 0 spiro atoms. The number of aromatic amines is 1. The Morgan fingerprint density at radius 3 is 2.32 bits per heavy atom. The van der Waals surface area contributed by atoms with Crippen LogP contribution in [-0.2, 0) is 4.74 Å². The van der Waals surface area contributed by atoms with Gasteiger partial charge >= 0.3 is 11.5 Å². The number of methoxy groups -OCH3 is 1. The van der Waals surface area contributed by atoms with Crippen molar-refractivity contribution in [3.63, 3.8) is 0 Å². The average Bonchev–Trinajstić information content (AvgIpc) is 3.65. The molecule has 9 nitrogen and oxygen atoms in total. The average molecular weight is 531 g/mol. The Bertz CT molecular complexity index is 1630. The maximum atomic E-state index is 13.5. The lowest BCUT2D eigenvalue weighted by Gasteiger charge is -2.02. The van der Waals surface area contributed by atoms with E-state index in [2.05, 4.69) is 25.3 Å². The first-order chi connectivity index (χ1) is 18.0. The Hall–Kier alpha value is -4.22. The number of ether oxygens (including phenoxy) is 1. The Kier molecular flexibility index (Phi) is 6.89. The van der Waals surface area contributed by atoms with Gasteiger partial charge in [-0.05, 0) is 5.92 Å². The van der Waals surface area contributed by atoms with Gasteiger partial charge in [-0.15, -0.1) is 21.6 Å². The highest BCUT2D eigenvalue weighted by molar-refractivity contribution is 7.15. The molecule has 3 heterocycles. The zero-order valence-corrected chi connectivity index (χ0v) is 21.8. The van der Waals surface area contributed by atoms with E-state index in [1.54, 1.807) is 0 Å². The quantitative estimate of drug-likeness (QED) is 0.185. The van der Waals surface area contributed by atoms with Crippen LogP contribution < -0.4 is 5.56 Å². The van der Waals surface area contributed by atoms with Crippen LogP contribution in [0.25, 0.3) is 27.6 Å². The van der Waals surface area contributed by atoms with Crippen molar-refractivity contribution in [3.8, 4) is 27.6 Å². The van der Waals surface area contributed by atoms with Crippen molar-refractivity contribution in [1.82, 2.24) is 19.7 Å². The van der Waals surface area contributed by atoms with Gasteiger partial charge < -0.3 is 4.74 Å². The maximum absolute atomic E-state index is 13.5. The number of thiazole rings is 2. The largest absolute Gasteiger partial charge is 0.464 e. The second-order valence-corrected chi connectivity index (χ2v) is 10.1. The van der Waals surface area contributed by atoms with Gasteiger partial charge in [0.2, 0.25) is 10.3 Å². The van der Waals surface area contributed by atoms with Crippen LogP contribution in [0.5, 0.6) is 0 Å². The minimum Gasteiger partial charge on any atom is -0.464 e. The van der Waals surface area contributed by atoms with E-state index in [4.69, 9.17) is 4.74 Å². The number of H-pyrrole nitrogens is 1. The number of nitrogens with one attached hydrogen (secondary N) is 1. The van der Waals surface area contributed by atoms with Crippen LogP contribution in [-0.4, -0.2) is 32.8 Å². The molecule has 0 bridgehead atoms. The van der Waals surface area contributed by atoms with Crippen molar-refractivity contribution in [2.24, 2.45) is 10.2 Å². The normalized spacial score (nSPS) is 11.5. The van der Waals surface area contributed by atoms with Crippen molar-refractivity contribution in [3.05, 3.63) is 87.0 Å². The molecule has 0 aliphatic carbocycles. The molecule has 0 saturated heterocycles. The van der Waals surface area contributed by atoms with Gasteiger partial charge in [-0.2, -0.15) is 4.68 Å². The van der Waals surface area contributed by atoms with E-state index in [-0.39, 0.29) is 22.4 Å². The maximum Gasteiger partial charge on any atom is 0.357 e. The van der Waals surface area contributed by atoms with Gasteiger partial charge in [-0.25, -0.2) is 14.8 Å². The number of rotatable bonds is 7. The van der Waals surface area contributed by atoms with E-state index in [1.165, 1.54) is 34.5 Å². The molecule has 0 aliphatic rings. The van der Waals surface area contributed by atoms with Crippen molar-refractivity contribution in [2.75, 3.05) is 7.11 Å². The minimum atomic E-state index is -0.534. The molecular formula is C26H22N6O3S2. The van der Waals surface area contributed by atoms with Gasteiger partial charge in [0.1, 0.15) is 0 Å². The molecule has 0 saturated carbocycles. The lowest BCUT2D eigenvalue weighted by Crippen LogP contribution is -2.13. The molecular weight excluding hydrogens is 508 g/mol. The second-order valence-electron chi connectivity index (χ2n) is 8.28. The standard InChI is InChI=1S/C26H22N6O3S2/c1-15(2)22-21(24(34)35-3)28-25(37-22)30-29-20-19(17-12-8-5-9-13-17)31-32(23(20)33)26-27-18(14-36-26)16-10-6-4-7-11-16/h4-15,31H,1-3H3. The molecule has 0 fully saturated rings. The molecule has 37 heavy (non-hydrogen) atoms. The minimum absolute atomic E-state index is 0.0450. The van der Waals surface area contributed by atoms with E-state index in [1.807, 2.05) is 79.9 Å². The molecule has 0 aliphatic heterocycles. The van der Waals surface area contributed by atoms with Gasteiger partial charge in [0, 0.05) is 21.4 Å². The van der Waals surface area contributed by atoms with Crippen molar-refractivity contribution >= 4 is 39.5 Å². The lowest BCUT2D eigenvalue weighted by atomic mass is 10.1. The van der Waals surface area contributed by atoms with Crippen LogP contribution in [0.3, 0.4) is 0 Å². The number of aromatic nitrogens is 4. The molecule has 1 N–H and O–H groups in total. The Labute approximate surface area is 220 Å². The number of hydrogen-bond donors (Lipinski definition) is 1. The fourth-order valence-corrected chi connectivity index (χ4v) is 5.33. The SMILES string of the molecule is COC(=O)c1nc(N=Nc2c(-c3ccccc3)[nH]n(-c3nc(-c4ccccc4)cs3)c2=O)sc1C(C)C. The first-order valence-electron chi connectivity index (χ1n) is 11.4. The number of benzene rings is 2. The predicted octanol–water partition coefficient (Wildman–Crippen LogP) is 6.74. The van der Waals surface area contributed by atoms with Gasteiger partial charge in [0.05, 0.1) is 18.5 Å². The van der Waals surface area contributed by atoms with Gasteiger partial charge in [-0.1, -0.05) is 85.8 Å². The predicted molar refractivity (Wildman–Crippen MR) is 145 cm³/mol. The van der Waals surface area contributed by atoms with Gasteiger partial charge in [0.15, 0.2) is 11.4 Å². The van der Waals surface area contributed by atoms with Crippen LogP contribution in [0.1, 0.15) is 35.1 Å². The highest BCUT2D eigenvalue weighted by Gasteiger charge is 2.22. The monoisotopic (exact) mass is 530 g/mol. The van der Waals surface area contributed by atoms with E-state index in [0.717, 1.165) is 21.7 Å². The second kappa shape index (κ2) is 10.4. The first-order valence-corrected chi connectivity index (χ1v) is 13.1. The molecule has 5 aromatic rings. The summed E-state index contributed by atoms with van der Waals surface area (Å²) in [4.78, 5) is 35.4. The zero-order valence-electron chi connectivity index (χ0n) is 20.2. The smallest absolute Gasteiger partial charge is 0.357 e. The number of carbonyl (C=O) groups excluding carboxylic acids is 1. The third-order valence-corrected chi connectivity index (χ3v) is 7.53. The van der Waals surface area contributed by atoms with Crippen LogP contribution in [0.2, 0.25) is 0 Å². The summed E-state index contributed by atoms with van der Waals surface area (Å²) in [6, 6.07) is 19.2. The molecule has 2 aromatic carbocycles. The van der Waals surface area contributed by atoms with Crippen LogP contribution in [0.4, 0.5) is 10.8 Å². The number of esters is 1. The number of azo groups is 1. The van der Waals surface area contributed by atoms with Gasteiger partial charge in [-0.3, -0.25) is 9.89 Å². The highest BCUT2D eigenvalue weighted by atomic mass is 32.1. The Balaban J connectivity index is 1.58. The highest BCUT2D eigenvalue weighted by Crippen LogP contribution is 2.34. The summed E-state index contributed by atoms with van der Waals surface area (Å²) in [6.07, 6.45) is 0. The summed E-state index contributed by atoms with van der Waals surface area (Å²) >= 11 is 2.58. The van der Waals surface area contributed by atoms with E-state index < -0.39 is 11.5 Å². The lowest BCUT2D eigenvalue weighted by molar-refractivity contribution is 0.0593. The summed E-state index contributed by atoms with van der Waals surface area (Å²) < 4.78 is 6.22. The molecule has 0 amide bonds. The summed E-state index contributed by atoms with van der Waals surface area (Å²) in [6.45, 7) is 3.91. The van der Waals surface area contributed by atoms with E-state index >= 15 is 0 Å². The molecule has 0 unspecified atom stereocenters. The fraction of sp³-hybridized carbons (Fsp3) is 0.154. The third-order valence-electron chi connectivity index (χ3n) is 5.46. The van der Waals surface area contributed by atoms with Crippen LogP contribution >= 0.6 is 22.7 Å². The summed E-state index contributed by atoms with van der Waals surface area (Å²) in [5.41, 5.74) is 2.92. The van der Waals surface area contributed by atoms with Crippen LogP contribution in [0, 0.1) is 0 Å². The summed E-state index contributed by atoms with van der Waals surface area (Å²) in [5, 5.41) is 14.3. The summed E-state index contributed by atoms with van der Waals surface area (Å²) in [7, 11) is 1.31. The number of hydrogen-bond acceptors (Lipinski definition) is 9. The zero-order chi connectivity index (χ0) is 25.9. The third kappa shape index (κ3) is 4.91. The fourth-order valence-electron chi connectivity index (χ4n) is 3.66. The van der Waals surface area contributed by atoms with Crippen molar-refractivity contribution in [1.29, 1.82) is 0 Å². The molecule has 186 valence electrons.